The van der Waals surface area contributed by atoms with Crippen molar-refractivity contribution in [1.29, 1.82) is 0 Å². The van der Waals surface area contributed by atoms with Crippen LogP contribution in [0.3, 0.4) is 0 Å². The van der Waals surface area contributed by atoms with E-state index in [1.54, 1.807) is 30.3 Å². The Morgan fingerprint density at radius 1 is 1.07 bits per heavy atom. The molecule has 0 bridgehead atoms. The van der Waals surface area contributed by atoms with Crippen LogP contribution in [0.25, 0.3) is 10.6 Å². The molecule has 144 valence electrons. The van der Waals surface area contributed by atoms with Gasteiger partial charge >= 0.3 is 5.97 Å². The number of carbonyl (C=O) groups excluding carboxylic acids is 2. The van der Waals surface area contributed by atoms with Crippen molar-refractivity contribution in [3.63, 3.8) is 0 Å². The molecule has 1 heterocycles. The highest BCUT2D eigenvalue weighted by Gasteiger charge is 2.18. The van der Waals surface area contributed by atoms with E-state index in [0.717, 1.165) is 0 Å². The number of carbonyl (C=O) groups is 2. The quantitative estimate of drug-likeness (QED) is 0.440. The van der Waals surface area contributed by atoms with Crippen molar-refractivity contribution in [3.05, 3.63) is 64.9 Å². The second-order valence-electron chi connectivity index (χ2n) is 5.61. The predicted octanol–water partition coefficient (Wildman–Crippen LogP) is 4.01. The van der Waals surface area contributed by atoms with Crippen molar-refractivity contribution >= 4 is 23.1 Å². The van der Waals surface area contributed by atoms with E-state index in [9.17, 15) is 14.0 Å². The van der Waals surface area contributed by atoms with E-state index < -0.39 is 18.4 Å². The fourth-order valence-corrected chi connectivity index (χ4v) is 3.20. The molecule has 2 aromatic carbocycles. The third-order valence-corrected chi connectivity index (χ3v) is 4.74. The molecule has 0 radical (unpaired) electrons. The maximum Gasteiger partial charge on any atom is 0.358 e. The van der Waals surface area contributed by atoms with E-state index in [0.29, 0.717) is 22.1 Å². The molecule has 0 atom stereocenters. The summed E-state index contributed by atoms with van der Waals surface area (Å²) in [5.74, 6) is -0.617. The normalized spacial score (nSPS) is 10.4. The van der Waals surface area contributed by atoms with Crippen molar-refractivity contribution in [2.75, 3.05) is 20.8 Å². The molecule has 1 aromatic heterocycles. The lowest BCUT2D eigenvalue weighted by atomic mass is 10.1. The summed E-state index contributed by atoms with van der Waals surface area (Å²) >= 11 is 1.22. The number of nitrogens with zero attached hydrogens (tertiary/aromatic N) is 1. The molecular formula is C20H16FNO5S. The maximum atomic E-state index is 13.0. The number of ketones is 1. The molecule has 0 spiro atoms. The number of benzene rings is 2. The van der Waals surface area contributed by atoms with Crippen molar-refractivity contribution in [2.24, 2.45) is 0 Å². The highest BCUT2D eigenvalue weighted by Crippen LogP contribution is 2.26. The third-order valence-electron chi connectivity index (χ3n) is 3.85. The number of aromatic nitrogens is 1. The van der Waals surface area contributed by atoms with Gasteiger partial charge in [-0.15, -0.1) is 11.3 Å². The van der Waals surface area contributed by atoms with Crippen molar-refractivity contribution in [1.82, 2.24) is 4.98 Å². The first kappa shape index (κ1) is 19.5. The van der Waals surface area contributed by atoms with Gasteiger partial charge in [0.1, 0.15) is 22.3 Å². The van der Waals surface area contributed by atoms with Gasteiger partial charge in [0.25, 0.3) is 0 Å². The second kappa shape index (κ2) is 8.62. The summed E-state index contributed by atoms with van der Waals surface area (Å²) in [6.45, 7) is -0.453. The molecule has 0 amide bonds. The Morgan fingerprint density at radius 2 is 1.82 bits per heavy atom. The number of thiazole rings is 1. The summed E-state index contributed by atoms with van der Waals surface area (Å²) in [6.07, 6.45) is 0. The number of methoxy groups -OCH3 is 2. The molecule has 8 heteroatoms. The third kappa shape index (κ3) is 4.34. The first-order valence-electron chi connectivity index (χ1n) is 8.15. The van der Waals surface area contributed by atoms with Crippen LogP contribution in [0.15, 0.2) is 47.8 Å². The Kier molecular flexibility index (Phi) is 6.00. The molecule has 28 heavy (non-hydrogen) atoms. The molecule has 6 nitrogen and oxygen atoms in total. The van der Waals surface area contributed by atoms with E-state index in [-0.39, 0.29) is 17.1 Å². The average Bonchev–Trinajstić information content (AvgIpc) is 3.22. The molecule has 0 saturated heterocycles. The maximum absolute atomic E-state index is 13.0. The lowest BCUT2D eigenvalue weighted by Gasteiger charge is -2.09. The van der Waals surface area contributed by atoms with Gasteiger partial charge < -0.3 is 14.2 Å². The van der Waals surface area contributed by atoms with Gasteiger partial charge in [0.2, 0.25) is 5.78 Å². The molecule has 0 aliphatic heterocycles. The van der Waals surface area contributed by atoms with Crippen molar-refractivity contribution in [3.8, 4) is 22.1 Å². The number of hydrogen-bond acceptors (Lipinski definition) is 7. The lowest BCUT2D eigenvalue weighted by Crippen LogP contribution is -2.15. The number of Topliss-reactive ketones (excluding diaryl/α,β-unsaturated/α-hetero) is 1. The molecule has 0 N–H and O–H groups in total. The molecule has 0 saturated carbocycles. The highest BCUT2D eigenvalue weighted by atomic mass is 32.1. The Hall–Kier alpha value is -3.26. The molecule has 0 aliphatic rings. The number of esters is 1. The minimum Gasteiger partial charge on any atom is -0.497 e. The van der Waals surface area contributed by atoms with Crippen LogP contribution >= 0.6 is 11.3 Å². The topological polar surface area (TPSA) is 74.7 Å². The average molecular weight is 401 g/mol. The summed E-state index contributed by atoms with van der Waals surface area (Å²) in [4.78, 5) is 28.7. The first-order valence-corrected chi connectivity index (χ1v) is 9.03. The van der Waals surface area contributed by atoms with Crippen LogP contribution in [-0.2, 0) is 4.74 Å². The molecule has 3 rings (SSSR count). The van der Waals surface area contributed by atoms with Gasteiger partial charge in [-0.25, -0.2) is 14.2 Å². The molecule has 0 fully saturated rings. The number of halogens is 1. The fraction of sp³-hybridized carbons (Fsp3) is 0.150. The van der Waals surface area contributed by atoms with Crippen molar-refractivity contribution < 1.29 is 28.2 Å². The summed E-state index contributed by atoms with van der Waals surface area (Å²) in [5, 5.41) is 2.08. The highest BCUT2D eigenvalue weighted by molar-refractivity contribution is 7.13. The summed E-state index contributed by atoms with van der Waals surface area (Å²) in [5.41, 5.74) is 1.05. The van der Waals surface area contributed by atoms with Gasteiger partial charge in [-0.05, 0) is 36.4 Å². The van der Waals surface area contributed by atoms with Gasteiger partial charge in [-0.1, -0.05) is 0 Å². The predicted molar refractivity (Wildman–Crippen MR) is 102 cm³/mol. The zero-order valence-corrected chi connectivity index (χ0v) is 15.9. The molecule has 3 aromatic rings. The fourth-order valence-electron chi connectivity index (χ4n) is 2.40. The number of hydrogen-bond donors (Lipinski definition) is 0. The van der Waals surface area contributed by atoms with E-state index in [1.165, 1.54) is 43.1 Å². The standard InChI is InChI=1S/C20H16FNO5S/c1-25-14-7-8-15(18(9-14)26-2)17(23)10-27-20(24)16-11-28-19(22-16)12-3-5-13(21)6-4-12/h3-9,11H,10H2,1-2H3. The van der Waals surface area contributed by atoms with Crippen molar-refractivity contribution in [2.45, 2.75) is 0 Å². The Bertz CT molecular complexity index is 1000. The first-order chi connectivity index (χ1) is 13.5. The van der Waals surface area contributed by atoms with Gasteiger partial charge in [-0.3, -0.25) is 4.79 Å². The minimum absolute atomic E-state index is 0.0822. The zero-order valence-electron chi connectivity index (χ0n) is 15.1. The lowest BCUT2D eigenvalue weighted by molar-refractivity contribution is 0.0469. The Labute approximate surface area is 164 Å². The van der Waals surface area contributed by atoms with Crippen LogP contribution < -0.4 is 9.47 Å². The van der Waals surface area contributed by atoms with Crippen LogP contribution in [-0.4, -0.2) is 37.6 Å². The van der Waals surface area contributed by atoms with Crippen LogP contribution in [0.2, 0.25) is 0 Å². The Morgan fingerprint density at radius 3 is 2.50 bits per heavy atom. The number of rotatable bonds is 7. The van der Waals surface area contributed by atoms with Crippen LogP contribution in [0.4, 0.5) is 4.39 Å². The van der Waals surface area contributed by atoms with Gasteiger partial charge in [-0.2, -0.15) is 0 Å². The van der Waals surface area contributed by atoms with Crippen LogP contribution in [0, 0.1) is 5.82 Å². The zero-order chi connectivity index (χ0) is 20.1. The Balaban J connectivity index is 1.66. The smallest absolute Gasteiger partial charge is 0.358 e. The SMILES string of the molecule is COc1ccc(C(=O)COC(=O)c2csc(-c3ccc(F)cc3)n2)c(OC)c1. The largest absolute Gasteiger partial charge is 0.497 e. The van der Waals surface area contributed by atoms with E-state index in [1.807, 2.05) is 0 Å². The minimum atomic E-state index is -0.717. The molecule has 0 unspecified atom stereocenters. The van der Waals surface area contributed by atoms with Crippen LogP contribution in [0.1, 0.15) is 20.8 Å². The monoisotopic (exact) mass is 401 g/mol. The van der Waals surface area contributed by atoms with Gasteiger partial charge in [0, 0.05) is 17.0 Å². The second-order valence-corrected chi connectivity index (χ2v) is 6.47. The van der Waals surface area contributed by atoms with Gasteiger partial charge in [0.05, 0.1) is 19.8 Å². The molecular weight excluding hydrogens is 385 g/mol. The van der Waals surface area contributed by atoms with E-state index in [4.69, 9.17) is 14.2 Å². The summed E-state index contributed by atoms with van der Waals surface area (Å²) in [6, 6.07) is 10.5. The summed E-state index contributed by atoms with van der Waals surface area (Å²) < 4.78 is 28.4. The van der Waals surface area contributed by atoms with Crippen LogP contribution in [0.5, 0.6) is 11.5 Å². The van der Waals surface area contributed by atoms with E-state index >= 15 is 0 Å². The van der Waals surface area contributed by atoms with E-state index in [2.05, 4.69) is 4.98 Å². The molecule has 0 aliphatic carbocycles. The summed E-state index contributed by atoms with van der Waals surface area (Å²) in [7, 11) is 2.94. The number of ether oxygens (including phenoxy) is 3. The van der Waals surface area contributed by atoms with Gasteiger partial charge in [0.15, 0.2) is 12.3 Å².